The highest BCUT2D eigenvalue weighted by molar-refractivity contribution is 5.74. The molecule has 1 atom stereocenters. The van der Waals surface area contributed by atoms with Gasteiger partial charge in [-0.15, -0.1) is 0 Å². The number of aromatic hydroxyl groups is 1. The number of rotatable bonds is 4. The lowest BCUT2D eigenvalue weighted by Crippen LogP contribution is -2.31. The molecule has 4 heteroatoms. The Bertz CT molecular complexity index is 1030. The molecule has 1 unspecified atom stereocenters. The quantitative estimate of drug-likeness (QED) is 0.606. The van der Waals surface area contributed by atoms with Gasteiger partial charge in [-0.05, 0) is 79.0 Å². The van der Waals surface area contributed by atoms with E-state index in [4.69, 9.17) is 4.98 Å². The van der Waals surface area contributed by atoms with E-state index in [1.54, 1.807) is 12.1 Å². The number of benzene rings is 2. The molecule has 4 nitrogen and oxygen atoms in total. The summed E-state index contributed by atoms with van der Waals surface area (Å²) in [4.78, 5) is 9.71. The average Bonchev–Trinajstić information content (AvgIpc) is 3.24. The van der Waals surface area contributed by atoms with Gasteiger partial charge in [-0.1, -0.05) is 45.0 Å². The lowest BCUT2D eigenvalue weighted by molar-refractivity contribution is 0.315. The summed E-state index contributed by atoms with van der Waals surface area (Å²) in [6.07, 6.45) is 1.15. The van der Waals surface area contributed by atoms with Crippen LogP contribution in [0, 0.1) is 0 Å². The fourth-order valence-corrected chi connectivity index (χ4v) is 4.16. The Morgan fingerprint density at radius 1 is 0.903 bits per heavy atom. The van der Waals surface area contributed by atoms with E-state index in [0.717, 1.165) is 36.6 Å². The van der Waals surface area contributed by atoms with Gasteiger partial charge in [0.05, 0.1) is 5.69 Å². The van der Waals surface area contributed by atoms with E-state index < -0.39 is 0 Å². The molecule has 31 heavy (non-hydrogen) atoms. The third-order valence-electron chi connectivity index (χ3n) is 6.28. The molecule has 1 aliphatic rings. The van der Waals surface area contributed by atoms with Gasteiger partial charge in [0.2, 0.25) is 0 Å². The standard InChI is InChI=1S/C27H33N3O/c1-27(2,3)22-10-6-19(7-11-22)21-16-25(20-8-12-24(31)13-9-20)28-26(17-21)30-15-14-23(18-30)29(4)5/h6-13,16-17,23,31H,14-15,18H2,1-5H3. The topological polar surface area (TPSA) is 39.6 Å². The van der Waals surface area contributed by atoms with Crippen LogP contribution >= 0.6 is 0 Å². The zero-order valence-corrected chi connectivity index (χ0v) is 19.3. The van der Waals surface area contributed by atoms with E-state index in [0.29, 0.717) is 6.04 Å². The first-order valence-electron chi connectivity index (χ1n) is 11.0. The van der Waals surface area contributed by atoms with Crippen molar-refractivity contribution >= 4 is 5.82 Å². The zero-order chi connectivity index (χ0) is 22.2. The number of likely N-dealkylation sites (N-methyl/N-ethyl adjacent to an activating group) is 1. The van der Waals surface area contributed by atoms with Crippen LogP contribution in [0.1, 0.15) is 32.8 Å². The van der Waals surface area contributed by atoms with Gasteiger partial charge in [0.1, 0.15) is 11.6 Å². The van der Waals surface area contributed by atoms with Gasteiger partial charge in [0, 0.05) is 24.7 Å². The van der Waals surface area contributed by atoms with E-state index in [1.807, 2.05) is 12.1 Å². The van der Waals surface area contributed by atoms with Crippen LogP contribution in [0.5, 0.6) is 5.75 Å². The van der Waals surface area contributed by atoms with Gasteiger partial charge in [-0.25, -0.2) is 4.98 Å². The molecule has 2 aromatic carbocycles. The van der Waals surface area contributed by atoms with Gasteiger partial charge in [-0.2, -0.15) is 0 Å². The van der Waals surface area contributed by atoms with Gasteiger partial charge >= 0.3 is 0 Å². The first-order valence-corrected chi connectivity index (χ1v) is 11.0. The first kappa shape index (κ1) is 21.4. The van der Waals surface area contributed by atoms with Crippen LogP contribution in [0.3, 0.4) is 0 Å². The highest BCUT2D eigenvalue weighted by atomic mass is 16.3. The second-order valence-electron chi connectivity index (χ2n) is 9.83. The second kappa shape index (κ2) is 8.35. The molecule has 0 spiro atoms. The molecule has 1 aromatic heterocycles. The largest absolute Gasteiger partial charge is 0.508 e. The molecule has 162 valence electrons. The van der Waals surface area contributed by atoms with Crippen LogP contribution in [0.4, 0.5) is 5.82 Å². The molecule has 0 bridgehead atoms. The number of hydrogen-bond acceptors (Lipinski definition) is 4. The maximum Gasteiger partial charge on any atom is 0.129 e. The monoisotopic (exact) mass is 415 g/mol. The number of hydrogen-bond donors (Lipinski definition) is 1. The van der Waals surface area contributed by atoms with Crippen molar-refractivity contribution in [2.45, 2.75) is 38.6 Å². The Balaban J connectivity index is 1.75. The fourth-order valence-electron chi connectivity index (χ4n) is 4.16. The summed E-state index contributed by atoms with van der Waals surface area (Å²) >= 11 is 0. The number of anilines is 1. The summed E-state index contributed by atoms with van der Waals surface area (Å²) in [6.45, 7) is 8.72. The van der Waals surface area contributed by atoms with Crippen LogP contribution in [0.15, 0.2) is 60.7 Å². The van der Waals surface area contributed by atoms with Crippen LogP contribution in [0.2, 0.25) is 0 Å². The Labute approximate surface area is 186 Å². The molecule has 1 fully saturated rings. The highest BCUT2D eigenvalue weighted by Crippen LogP contribution is 2.33. The minimum Gasteiger partial charge on any atom is -0.508 e. The third kappa shape index (κ3) is 4.75. The van der Waals surface area contributed by atoms with Gasteiger partial charge in [0.25, 0.3) is 0 Å². The van der Waals surface area contributed by atoms with Crippen molar-refractivity contribution in [3.8, 4) is 28.1 Å². The average molecular weight is 416 g/mol. The van der Waals surface area contributed by atoms with E-state index >= 15 is 0 Å². The number of phenolic OH excluding ortho intramolecular Hbond substituents is 1. The molecule has 1 aliphatic heterocycles. The SMILES string of the molecule is CN(C)C1CCN(c2cc(-c3ccc(C(C)(C)C)cc3)cc(-c3ccc(O)cc3)n2)C1. The predicted octanol–water partition coefficient (Wildman–Crippen LogP) is 5.56. The molecule has 0 saturated carbocycles. The van der Waals surface area contributed by atoms with Crippen LogP contribution in [-0.2, 0) is 5.41 Å². The molecule has 4 rings (SSSR count). The smallest absolute Gasteiger partial charge is 0.129 e. The normalized spacial score (nSPS) is 16.8. The van der Waals surface area contributed by atoms with Crippen molar-refractivity contribution in [1.29, 1.82) is 0 Å². The van der Waals surface area contributed by atoms with E-state index in [1.165, 1.54) is 16.7 Å². The molecule has 3 aromatic rings. The summed E-state index contributed by atoms with van der Waals surface area (Å²) in [5.74, 6) is 1.29. The molecular weight excluding hydrogens is 382 g/mol. The number of aromatic nitrogens is 1. The molecule has 1 N–H and O–H groups in total. The summed E-state index contributed by atoms with van der Waals surface area (Å²) in [5.41, 5.74) is 5.77. The second-order valence-corrected chi connectivity index (χ2v) is 9.83. The number of nitrogens with zero attached hydrogens (tertiary/aromatic N) is 3. The van der Waals surface area contributed by atoms with Gasteiger partial charge in [0.15, 0.2) is 0 Å². The Hall–Kier alpha value is -2.85. The highest BCUT2D eigenvalue weighted by Gasteiger charge is 2.25. The maximum atomic E-state index is 9.70. The molecular formula is C27H33N3O. The van der Waals surface area contributed by atoms with Crippen molar-refractivity contribution < 1.29 is 5.11 Å². The number of pyridine rings is 1. The first-order chi connectivity index (χ1) is 14.7. The molecule has 0 aliphatic carbocycles. The Morgan fingerprint density at radius 2 is 1.55 bits per heavy atom. The van der Waals surface area contributed by atoms with E-state index in [2.05, 4.69) is 81.1 Å². The minimum absolute atomic E-state index is 0.135. The van der Waals surface area contributed by atoms with Crippen LogP contribution < -0.4 is 4.90 Å². The lowest BCUT2D eigenvalue weighted by atomic mass is 9.86. The molecule has 0 amide bonds. The van der Waals surface area contributed by atoms with Crippen LogP contribution in [0.25, 0.3) is 22.4 Å². The Kier molecular flexibility index (Phi) is 5.76. The summed E-state index contributed by atoms with van der Waals surface area (Å²) in [5, 5.41) is 9.70. The van der Waals surface area contributed by atoms with Crippen molar-refractivity contribution in [2.24, 2.45) is 0 Å². The van der Waals surface area contributed by atoms with Crippen molar-refractivity contribution in [2.75, 3.05) is 32.1 Å². The van der Waals surface area contributed by atoms with Crippen molar-refractivity contribution in [3.63, 3.8) is 0 Å². The maximum absolute atomic E-state index is 9.70. The van der Waals surface area contributed by atoms with Gasteiger partial charge in [-0.3, -0.25) is 0 Å². The molecule has 2 heterocycles. The van der Waals surface area contributed by atoms with Crippen molar-refractivity contribution in [1.82, 2.24) is 9.88 Å². The van der Waals surface area contributed by atoms with Gasteiger partial charge < -0.3 is 14.9 Å². The minimum atomic E-state index is 0.135. The molecule has 1 saturated heterocycles. The van der Waals surface area contributed by atoms with Crippen molar-refractivity contribution in [3.05, 3.63) is 66.2 Å². The van der Waals surface area contributed by atoms with Crippen LogP contribution in [-0.4, -0.2) is 48.2 Å². The lowest BCUT2D eigenvalue weighted by Gasteiger charge is -2.22. The number of phenols is 1. The zero-order valence-electron chi connectivity index (χ0n) is 19.3. The van der Waals surface area contributed by atoms with E-state index in [-0.39, 0.29) is 11.2 Å². The predicted molar refractivity (Wildman–Crippen MR) is 130 cm³/mol. The summed E-state index contributed by atoms with van der Waals surface area (Å²) in [6, 6.07) is 21.1. The summed E-state index contributed by atoms with van der Waals surface area (Å²) < 4.78 is 0. The fraction of sp³-hybridized carbons (Fsp3) is 0.370. The Morgan fingerprint density at radius 3 is 2.13 bits per heavy atom. The third-order valence-corrected chi connectivity index (χ3v) is 6.28. The van der Waals surface area contributed by atoms with E-state index in [9.17, 15) is 5.11 Å². The molecule has 0 radical (unpaired) electrons. The summed E-state index contributed by atoms with van der Waals surface area (Å²) in [7, 11) is 4.30.